The van der Waals surface area contributed by atoms with Crippen LogP contribution in [0.4, 0.5) is 0 Å². The van der Waals surface area contributed by atoms with Crippen LogP contribution in [-0.4, -0.2) is 19.3 Å². The molecule has 4 heteroatoms. The number of methoxy groups -OCH3 is 2. The van der Waals surface area contributed by atoms with E-state index in [4.69, 9.17) is 21.1 Å². The van der Waals surface area contributed by atoms with Gasteiger partial charge in [0.05, 0.1) is 19.2 Å². The molecule has 2 rings (SSSR count). The molecule has 0 radical (unpaired) electrons. The maximum Gasteiger partial charge on any atom is 0.125 e. The second kappa shape index (κ2) is 6.16. The van der Waals surface area contributed by atoms with Crippen molar-refractivity contribution in [2.24, 2.45) is 0 Å². The summed E-state index contributed by atoms with van der Waals surface area (Å²) in [5.74, 6) is 1.29. The van der Waals surface area contributed by atoms with Gasteiger partial charge in [-0.1, -0.05) is 29.3 Å². The largest absolute Gasteiger partial charge is 0.497 e. The van der Waals surface area contributed by atoms with Gasteiger partial charge in [0.15, 0.2) is 0 Å². The minimum Gasteiger partial charge on any atom is -0.497 e. The van der Waals surface area contributed by atoms with Crippen LogP contribution in [0.25, 0.3) is 0 Å². The molecule has 0 saturated heterocycles. The molecular formula is C16H17ClO3. The Morgan fingerprint density at radius 1 is 1.00 bits per heavy atom. The van der Waals surface area contributed by atoms with Crippen molar-refractivity contribution in [2.75, 3.05) is 14.2 Å². The van der Waals surface area contributed by atoms with Crippen molar-refractivity contribution in [1.82, 2.24) is 0 Å². The smallest absolute Gasteiger partial charge is 0.125 e. The lowest BCUT2D eigenvalue weighted by molar-refractivity contribution is 0.214. The van der Waals surface area contributed by atoms with Crippen LogP contribution in [0.5, 0.6) is 11.5 Å². The van der Waals surface area contributed by atoms with Gasteiger partial charge in [0.25, 0.3) is 0 Å². The number of halogens is 1. The van der Waals surface area contributed by atoms with Gasteiger partial charge in [-0.15, -0.1) is 0 Å². The van der Waals surface area contributed by atoms with Gasteiger partial charge in [0.2, 0.25) is 0 Å². The molecule has 0 bridgehead atoms. The molecule has 0 aliphatic carbocycles. The van der Waals surface area contributed by atoms with Gasteiger partial charge in [0.1, 0.15) is 17.6 Å². The summed E-state index contributed by atoms with van der Waals surface area (Å²) in [5, 5.41) is 11.0. The molecular weight excluding hydrogens is 276 g/mol. The maximum atomic E-state index is 10.6. The van der Waals surface area contributed by atoms with Crippen LogP contribution in [0.2, 0.25) is 5.02 Å². The molecule has 0 aliphatic rings. The second-order valence-corrected chi connectivity index (χ2v) is 4.94. The number of ether oxygens (including phenoxy) is 2. The third-order valence-corrected chi connectivity index (χ3v) is 3.51. The molecule has 106 valence electrons. The van der Waals surface area contributed by atoms with Gasteiger partial charge >= 0.3 is 0 Å². The molecule has 0 aromatic heterocycles. The third-order valence-electron chi connectivity index (χ3n) is 3.18. The Bertz CT molecular complexity index is 611. The molecule has 0 fully saturated rings. The Labute approximate surface area is 123 Å². The van der Waals surface area contributed by atoms with Crippen LogP contribution < -0.4 is 9.47 Å². The van der Waals surface area contributed by atoms with E-state index in [-0.39, 0.29) is 0 Å². The predicted octanol–water partition coefficient (Wildman–Crippen LogP) is 3.75. The van der Waals surface area contributed by atoms with Crippen LogP contribution in [-0.2, 0) is 0 Å². The van der Waals surface area contributed by atoms with Gasteiger partial charge in [0, 0.05) is 11.1 Å². The lowest BCUT2D eigenvalue weighted by atomic mass is 9.99. The quantitative estimate of drug-likeness (QED) is 0.933. The van der Waals surface area contributed by atoms with E-state index >= 15 is 0 Å². The molecule has 20 heavy (non-hydrogen) atoms. The monoisotopic (exact) mass is 292 g/mol. The summed E-state index contributed by atoms with van der Waals surface area (Å²) in [6.45, 7) is 1.96. The molecule has 1 unspecified atom stereocenters. The molecule has 3 nitrogen and oxygen atoms in total. The zero-order chi connectivity index (χ0) is 14.7. The SMILES string of the molecule is COc1ccc(C(O)c2cc(C)ccc2OC)c(Cl)c1. The molecule has 2 aromatic rings. The Balaban J connectivity index is 2.45. The fraction of sp³-hybridized carbons (Fsp3) is 0.250. The van der Waals surface area contributed by atoms with E-state index in [1.807, 2.05) is 25.1 Å². The zero-order valence-corrected chi connectivity index (χ0v) is 12.4. The van der Waals surface area contributed by atoms with E-state index in [1.165, 1.54) is 0 Å². The predicted molar refractivity (Wildman–Crippen MR) is 79.8 cm³/mol. The average molecular weight is 293 g/mol. The summed E-state index contributed by atoms with van der Waals surface area (Å²) in [6.07, 6.45) is -0.844. The third kappa shape index (κ3) is 2.89. The number of benzene rings is 2. The summed E-state index contributed by atoms with van der Waals surface area (Å²) in [6, 6.07) is 10.9. The van der Waals surface area contributed by atoms with Crippen molar-refractivity contribution < 1.29 is 14.6 Å². The van der Waals surface area contributed by atoms with Gasteiger partial charge in [-0.2, -0.15) is 0 Å². The van der Waals surface area contributed by atoms with Crippen LogP contribution in [0.1, 0.15) is 22.8 Å². The first-order valence-electron chi connectivity index (χ1n) is 6.23. The summed E-state index contributed by atoms with van der Waals surface area (Å²) < 4.78 is 10.4. The molecule has 1 atom stereocenters. The average Bonchev–Trinajstić information content (AvgIpc) is 2.46. The normalized spacial score (nSPS) is 12.1. The van der Waals surface area contributed by atoms with E-state index in [0.717, 1.165) is 5.56 Å². The summed E-state index contributed by atoms with van der Waals surface area (Å²) >= 11 is 6.21. The standard InChI is InChI=1S/C16H17ClO3/c1-10-4-7-15(20-3)13(8-10)16(18)12-6-5-11(19-2)9-14(12)17/h4-9,16,18H,1-3H3. The van der Waals surface area contributed by atoms with E-state index < -0.39 is 6.10 Å². The lowest BCUT2D eigenvalue weighted by Crippen LogP contribution is -2.04. The van der Waals surface area contributed by atoms with Gasteiger partial charge in [-0.3, -0.25) is 0 Å². The van der Waals surface area contributed by atoms with Crippen molar-refractivity contribution in [1.29, 1.82) is 0 Å². The first-order chi connectivity index (χ1) is 9.56. The van der Waals surface area contributed by atoms with Gasteiger partial charge < -0.3 is 14.6 Å². The first kappa shape index (κ1) is 14.7. The van der Waals surface area contributed by atoms with Crippen LogP contribution in [0.3, 0.4) is 0 Å². The molecule has 0 amide bonds. The van der Waals surface area contributed by atoms with Gasteiger partial charge in [-0.05, 0) is 31.2 Å². The summed E-state index contributed by atoms with van der Waals surface area (Å²) in [4.78, 5) is 0. The number of rotatable bonds is 4. The van der Waals surface area contributed by atoms with Crippen molar-refractivity contribution in [3.8, 4) is 11.5 Å². The Hall–Kier alpha value is -1.71. The highest BCUT2D eigenvalue weighted by Crippen LogP contribution is 2.35. The number of aliphatic hydroxyl groups is 1. The maximum absolute atomic E-state index is 10.6. The molecule has 0 heterocycles. The van der Waals surface area contributed by atoms with E-state index in [0.29, 0.717) is 27.6 Å². The van der Waals surface area contributed by atoms with Crippen LogP contribution in [0, 0.1) is 6.92 Å². The minimum absolute atomic E-state index is 0.459. The summed E-state index contributed by atoms with van der Waals surface area (Å²) in [5.41, 5.74) is 2.36. The molecule has 0 saturated carbocycles. The lowest BCUT2D eigenvalue weighted by Gasteiger charge is -2.17. The Kier molecular flexibility index (Phi) is 4.53. The summed E-state index contributed by atoms with van der Waals surface area (Å²) in [7, 11) is 3.15. The van der Waals surface area contributed by atoms with Crippen LogP contribution >= 0.6 is 11.6 Å². The minimum atomic E-state index is -0.844. The number of aliphatic hydroxyl groups excluding tert-OH is 1. The fourth-order valence-electron chi connectivity index (χ4n) is 2.09. The zero-order valence-electron chi connectivity index (χ0n) is 11.7. The number of hydrogen-bond acceptors (Lipinski definition) is 3. The van der Waals surface area contributed by atoms with Crippen molar-refractivity contribution in [3.63, 3.8) is 0 Å². The molecule has 0 aliphatic heterocycles. The van der Waals surface area contributed by atoms with Crippen molar-refractivity contribution >= 4 is 11.6 Å². The van der Waals surface area contributed by atoms with E-state index in [2.05, 4.69) is 0 Å². The van der Waals surface area contributed by atoms with Crippen molar-refractivity contribution in [2.45, 2.75) is 13.0 Å². The van der Waals surface area contributed by atoms with E-state index in [9.17, 15) is 5.11 Å². The second-order valence-electron chi connectivity index (χ2n) is 4.54. The highest BCUT2D eigenvalue weighted by atomic mass is 35.5. The van der Waals surface area contributed by atoms with Crippen molar-refractivity contribution in [3.05, 3.63) is 58.1 Å². The topological polar surface area (TPSA) is 38.7 Å². The molecule has 0 spiro atoms. The molecule has 1 N–H and O–H groups in total. The highest BCUT2D eigenvalue weighted by molar-refractivity contribution is 6.31. The molecule has 2 aromatic carbocycles. The number of aryl methyl sites for hydroxylation is 1. The first-order valence-corrected chi connectivity index (χ1v) is 6.60. The van der Waals surface area contributed by atoms with E-state index in [1.54, 1.807) is 32.4 Å². The Morgan fingerprint density at radius 3 is 2.35 bits per heavy atom. The Morgan fingerprint density at radius 2 is 1.75 bits per heavy atom. The fourth-order valence-corrected chi connectivity index (χ4v) is 2.37. The van der Waals surface area contributed by atoms with Gasteiger partial charge in [-0.25, -0.2) is 0 Å². The highest BCUT2D eigenvalue weighted by Gasteiger charge is 2.18. The number of hydrogen-bond donors (Lipinski definition) is 1. The van der Waals surface area contributed by atoms with Crippen LogP contribution in [0.15, 0.2) is 36.4 Å².